The lowest BCUT2D eigenvalue weighted by Crippen LogP contribution is -2.15. The Morgan fingerprint density at radius 3 is 2.69 bits per heavy atom. The molecule has 86 valence electrons. The van der Waals surface area contributed by atoms with Crippen molar-refractivity contribution in [2.75, 3.05) is 6.61 Å². The normalized spacial score (nSPS) is 13.4. The highest BCUT2D eigenvalue weighted by atomic mass is 35.5. The minimum absolute atomic E-state index is 0.121. The summed E-state index contributed by atoms with van der Waals surface area (Å²) in [6, 6.07) is 9.70. The Hall–Kier alpha value is -1.46. The van der Waals surface area contributed by atoms with Gasteiger partial charge in [-0.2, -0.15) is 5.11 Å². The van der Waals surface area contributed by atoms with Gasteiger partial charge in [-0.1, -0.05) is 30.3 Å². The highest BCUT2D eigenvalue weighted by Crippen LogP contribution is 2.03. The van der Waals surface area contributed by atoms with E-state index in [9.17, 15) is 0 Å². The van der Waals surface area contributed by atoms with Gasteiger partial charge in [0.2, 0.25) is 0 Å². The molecule has 0 saturated carbocycles. The van der Waals surface area contributed by atoms with Gasteiger partial charge in [0, 0.05) is 0 Å². The number of aliphatic imine (C=N–C) groups is 1. The van der Waals surface area contributed by atoms with Crippen molar-refractivity contribution in [3.63, 3.8) is 0 Å². The predicted molar refractivity (Wildman–Crippen MR) is 62.5 cm³/mol. The molecule has 16 heavy (non-hydrogen) atoms. The van der Waals surface area contributed by atoms with Gasteiger partial charge >= 0.3 is 0 Å². The molecule has 1 unspecified atom stereocenters. The molecule has 0 aromatic heterocycles. The fourth-order valence-corrected chi connectivity index (χ4v) is 1.21. The molecule has 5 nitrogen and oxygen atoms in total. The third-order valence-corrected chi connectivity index (χ3v) is 1.90. The van der Waals surface area contributed by atoms with E-state index in [4.69, 9.17) is 27.6 Å². The summed E-state index contributed by atoms with van der Waals surface area (Å²) >= 11 is 5.38. The first kappa shape index (κ1) is 12.6. The third-order valence-electron chi connectivity index (χ3n) is 1.80. The second-order valence-corrected chi connectivity index (χ2v) is 3.45. The summed E-state index contributed by atoms with van der Waals surface area (Å²) in [5, 5.41) is 3.11. The van der Waals surface area contributed by atoms with Crippen LogP contribution in [0.15, 0.2) is 40.4 Å². The van der Waals surface area contributed by atoms with E-state index < -0.39 is 6.17 Å². The maximum Gasteiger partial charge on any atom is 0.190 e. The number of hydrogen-bond donors (Lipinski definition) is 2. The van der Waals surface area contributed by atoms with E-state index in [0.717, 1.165) is 5.56 Å². The molecule has 0 spiro atoms. The topological polar surface area (TPSA) is 83.8 Å². The molecule has 0 aliphatic carbocycles. The Labute approximate surface area is 98.8 Å². The van der Waals surface area contributed by atoms with Crippen molar-refractivity contribution >= 4 is 16.9 Å². The van der Waals surface area contributed by atoms with Crippen LogP contribution >= 0.6 is 11.6 Å². The third kappa shape index (κ3) is 4.86. The maximum absolute atomic E-state index is 6.86. The zero-order valence-corrected chi connectivity index (χ0v) is 9.39. The lowest BCUT2D eigenvalue weighted by atomic mass is 10.2. The van der Waals surface area contributed by atoms with Crippen molar-refractivity contribution in [2.45, 2.75) is 12.8 Å². The highest BCUT2D eigenvalue weighted by molar-refractivity contribution is 6.64. The number of benzene rings is 1. The molecule has 0 radical (unpaired) electrons. The van der Waals surface area contributed by atoms with Crippen molar-refractivity contribution in [1.29, 1.82) is 5.53 Å². The van der Waals surface area contributed by atoms with Crippen molar-refractivity contribution in [2.24, 2.45) is 15.8 Å². The maximum atomic E-state index is 6.86. The highest BCUT2D eigenvalue weighted by Gasteiger charge is 2.04. The largest absolute Gasteiger partial charge is 0.374 e. The van der Waals surface area contributed by atoms with Gasteiger partial charge < -0.3 is 10.5 Å². The first-order valence-electron chi connectivity index (χ1n) is 4.69. The van der Waals surface area contributed by atoms with Gasteiger partial charge in [0.1, 0.15) is 0 Å². The minimum atomic E-state index is -0.666. The molecular weight excluding hydrogens is 228 g/mol. The van der Waals surface area contributed by atoms with Crippen molar-refractivity contribution in [1.82, 2.24) is 0 Å². The van der Waals surface area contributed by atoms with Crippen LogP contribution in [0.4, 0.5) is 0 Å². The van der Waals surface area contributed by atoms with Crippen LogP contribution in [0.1, 0.15) is 5.56 Å². The second kappa shape index (κ2) is 6.92. The SMILES string of the molecule is N=NC(COCc1ccccc1)N=C(N)Cl. The smallest absolute Gasteiger partial charge is 0.190 e. The summed E-state index contributed by atoms with van der Waals surface area (Å²) in [6.07, 6.45) is -0.666. The zero-order chi connectivity index (χ0) is 11.8. The van der Waals surface area contributed by atoms with E-state index in [0.29, 0.717) is 6.61 Å². The number of amidine groups is 1. The monoisotopic (exact) mass is 240 g/mol. The van der Waals surface area contributed by atoms with Crippen LogP contribution < -0.4 is 5.73 Å². The van der Waals surface area contributed by atoms with Gasteiger partial charge in [0.05, 0.1) is 13.2 Å². The number of rotatable bonds is 6. The lowest BCUT2D eigenvalue weighted by molar-refractivity contribution is 0.108. The Balaban J connectivity index is 2.34. The molecule has 3 N–H and O–H groups in total. The molecule has 1 aromatic carbocycles. The van der Waals surface area contributed by atoms with Crippen molar-refractivity contribution in [3.05, 3.63) is 35.9 Å². The molecule has 0 fully saturated rings. The van der Waals surface area contributed by atoms with Gasteiger partial charge in [-0.05, 0) is 17.2 Å². The first-order chi connectivity index (χ1) is 7.72. The second-order valence-electron chi connectivity index (χ2n) is 3.06. The van der Waals surface area contributed by atoms with E-state index in [1.807, 2.05) is 30.3 Å². The molecule has 0 heterocycles. The summed E-state index contributed by atoms with van der Waals surface area (Å²) in [4.78, 5) is 3.71. The minimum Gasteiger partial charge on any atom is -0.374 e. The number of ether oxygens (including phenoxy) is 1. The molecule has 0 amide bonds. The lowest BCUT2D eigenvalue weighted by Gasteiger charge is -2.07. The summed E-state index contributed by atoms with van der Waals surface area (Å²) in [5.41, 5.74) is 13.1. The van der Waals surface area contributed by atoms with E-state index in [1.54, 1.807) is 0 Å². The Bertz CT molecular complexity index is 351. The standard InChI is InChI=1S/C10H13ClN4O/c11-10(12)14-9(15-13)7-16-6-8-4-2-1-3-5-8/h1-5,9,13H,6-7H2,(H2,12,14). The van der Waals surface area contributed by atoms with E-state index in [2.05, 4.69) is 10.1 Å². The van der Waals surface area contributed by atoms with Crippen molar-refractivity contribution in [3.8, 4) is 0 Å². The Kier molecular flexibility index (Phi) is 5.45. The predicted octanol–water partition coefficient (Wildman–Crippen LogP) is 2.11. The van der Waals surface area contributed by atoms with E-state index in [1.165, 1.54) is 0 Å². The molecule has 1 atom stereocenters. The van der Waals surface area contributed by atoms with E-state index in [-0.39, 0.29) is 11.9 Å². The Morgan fingerprint density at radius 1 is 1.44 bits per heavy atom. The summed E-state index contributed by atoms with van der Waals surface area (Å²) in [7, 11) is 0. The van der Waals surface area contributed by atoms with Gasteiger partial charge in [-0.25, -0.2) is 10.5 Å². The average molecular weight is 241 g/mol. The van der Waals surface area contributed by atoms with Crippen LogP contribution in [-0.2, 0) is 11.3 Å². The number of halogens is 1. The quantitative estimate of drug-likeness (QED) is 0.345. The molecule has 0 aliphatic rings. The number of hydrogen-bond acceptors (Lipinski definition) is 4. The number of nitrogens with one attached hydrogen (secondary N) is 1. The molecule has 0 saturated heterocycles. The molecule has 0 aliphatic heterocycles. The molecule has 0 bridgehead atoms. The number of nitrogens with two attached hydrogens (primary N) is 1. The molecule has 6 heteroatoms. The van der Waals surface area contributed by atoms with Crippen LogP contribution in [0.5, 0.6) is 0 Å². The molecule has 1 aromatic rings. The van der Waals surface area contributed by atoms with Crippen LogP contribution in [0.2, 0.25) is 0 Å². The summed E-state index contributed by atoms with van der Waals surface area (Å²) in [6.45, 7) is 0.635. The van der Waals surface area contributed by atoms with Crippen LogP contribution in [-0.4, -0.2) is 18.1 Å². The van der Waals surface area contributed by atoms with Crippen LogP contribution in [0.3, 0.4) is 0 Å². The van der Waals surface area contributed by atoms with Crippen LogP contribution in [0, 0.1) is 5.53 Å². The molecular formula is C10H13ClN4O. The van der Waals surface area contributed by atoms with E-state index >= 15 is 0 Å². The average Bonchev–Trinajstić information content (AvgIpc) is 2.28. The zero-order valence-electron chi connectivity index (χ0n) is 8.64. The van der Waals surface area contributed by atoms with Gasteiger partial charge in [-0.15, -0.1) is 0 Å². The summed E-state index contributed by atoms with van der Waals surface area (Å²) in [5.74, 6) is 0. The fourth-order valence-electron chi connectivity index (χ4n) is 1.10. The van der Waals surface area contributed by atoms with Gasteiger partial charge in [0.15, 0.2) is 11.5 Å². The molecule has 1 rings (SSSR count). The summed E-state index contributed by atoms with van der Waals surface area (Å²) < 4.78 is 5.34. The fraction of sp³-hybridized carbons (Fsp3) is 0.300. The van der Waals surface area contributed by atoms with Crippen LogP contribution in [0.25, 0.3) is 0 Å². The number of nitrogens with zero attached hydrogens (tertiary/aromatic N) is 2. The first-order valence-corrected chi connectivity index (χ1v) is 5.07. The van der Waals surface area contributed by atoms with Crippen molar-refractivity contribution < 1.29 is 4.74 Å². The van der Waals surface area contributed by atoms with Gasteiger partial charge in [0.25, 0.3) is 0 Å². The Morgan fingerprint density at radius 2 is 2.12 bits per heavy atom. The van der Waals surface area contributed by atoms with Gasteiger partial charge in [-0.3, -0.25) is 0 Å².